The highest BCUT2D eigenvalue weighted by Gasteiger charge is 2.27. The van der Waals surface area contributed by atoms with Gasteiger partial charge in [-0.05, 0) is 29.8 Å². The van der Waals surface area contributed by atoms with Crippen molar-refractivity contribution in [3.8, 4) is 22.6 Å². The third-order valence-electron chi connectivity index (χ3n) is 3.33. The number of rotatable bonds is 3. The molecule has 0 spiro atoms. The molecule has 0 N–H and O–H groups in total. The summed E-state index contributed by atoms with van der Waals surface area (Å²) in [6, 6.07) is 7.53. The van der Waals surface area contributed by atoms with Crippen molar-refractivity contribution in [3.05, 3.63) is 56.6 Å². The van der Waals surface area contributed by atoms with Crippen molar-refractivity contribution in [2.45, 2.75) is 6.10 Å². The minimum absolute atomic E-state index is 0.0836. The number of benzene rings is 2. The smallest absolute Gasteiger partial charge is 0.172 e. The van der Waals surface area contributed by atoms with E-state index < -0.39 is 11.9 Å². The molecule has 8 heteroatoms. The lowest BCUT2D eigenvalue weighted by atomic mass is 10.0. The van der Waals surface area contributed by atoms with Gasteiger partial charge in [0.25, 0.3) is 0 Å². The molecule has 3 rings (SSSR count). The molecule has 0 unspecified atom stereocenters. The number of hydrogen-bond acceptors (Lipinski definition) is 3. The Morgan fingerprint density at radius 1 is 1.30 bits per heavy atom. The van der Waals surface area contributed by atoms with Crippen LogP contribution in [0.3, 0.4) is 0 Å². The van der Waals surface area contributed by atoms with Crippen molar-refractivity contribution in [2.75, 3.05) is 13.2 Å². The maximum Gasteiger partial charge on any atom is 0.172 e. The molecule has 1 heterocycles. The molecule has 1 aliphatic heterocycles. The summed E-state index contributed by atoms with van der Waals surface area (Å²) in [5, 5.41) is 4.20. The van der Waals surface area contributed by atoms with Gasteiger partial charge in [0, 0.05) is 15.5 Å². The second-order valence-electron chi connectivity index (χ2n) is 4.84. The third-order valence-corrected chi connectivity index (χ3v) is 3.88. The first-order valence-electron chi connectivity index (χ1n) is 6.68. The van der Waals surface area contributed by atoms with Gasteiger partial charge in [-0.1, -0.05) is 34.4 Å². The van der Waals surface area contributed by atoms with Crippen LogP contribution < -0.4 is 9.47 Å². The molecule has 0 bridgehead atoms. The second-order valence-corrected chi connectivity index (χ2v) is 5.68. The lowest BCUT2D eigenvalue weighted by Gasteiger charge is -2.27. The summed E-state index contributed by atoms with van der Waals surface area (Å²) in [6.45, 7) is 0.297. The quantitative estimate of drug-likeness (QED) is 0.429. The van der Waals surface area contributed by atoms with Gasteiger partial charge in [0.1, 0.15) is 18.5 Å². The molecule has 1 aliphatic rings. The maximum atomic E-state index is 14.4. The van der Waals surface area contributed by atoms with Gasteiger partial charge >= 0.3 is 0 Å². The highest BCUT2D eigenvalue weighted by molar-refractivity contribution is 6.36. The van der Waals surface area contributed by atoms with Gasteiger partial charge in [-0.3, -0.25) is 0 Å². The number of fused-ring (bicyclic) bond motifs is 1. The van der Waals surface area contributed by atoms with Crippen molar-refractivity contribution in [1.82, 2.24) is 0 Å². The zero-order chi connectivity index (χ0) is 16.4. The van der Waals surface area contributed by atoms with Crippen LogP contribution in [0.15, 0.2) is 35.4 Å². The fourth-order valence-electron chi connectivity index (χ4n) is 2.31. The van der Waals surface area contributed by atoms with Crippen LogP contribution in [0, 0.1) is 5.82 Å². The molecule has 0 aromatic heterocycles. The van der Waals surface area contributed by atoms with E-state index in [0.29, 0.717) is 21.4 Å². The highest BCUT2D eigenvalue weighted by atomic mass is 35.5. The Labute approximate surface area is 141 Å². The molecule has 118 valence electrons. The molecule has 5 nitrogen and oxygen atoms in total. The monoisotopic (exact) mass is 353 g/mol. The van der Waals surface area contributed by atoms with E-state index in [2.05, 4.69) is 10.0 Å². The van der Waals surface area contributed by atoms with E-state index in [9.17, 15) is 4.39 Å². The molecule has 0 saturated heterocycles. The van der Waals surface area contributed by atoms with E-state index in [1.807, 2.05) is 0 Å². The first kappa shape index (κ1) is 15.7. The standard InChI is InChI=1S/C15H10Cl2FN3O2/c16-8-1-2-10(11(17)5-8)14-12(18)3-4-13-15(14)23-9(7-22-13)6-20-21-19/h1-5,9H,6-7H2/t9-/m0/s1. The van der Waals surface area contributed by atoms with Crippen molar-refractivity contribution in [1.29, 1.82) is 0 Å². The Balaban J connectivity index is 2.09. The van der Waals surface area contributed by atoms with E-state index in [1.54, 1.807) is 12.1 Å². The van der Waals surface area contributed by atoms with Gasteiger partial charge in [-0.15, -0.1) is 0 Å². The summed E-state index contributed by atoms with van der Waals surface area (Å²) in [7, 11) is 0. The molecule has 0 aliphatic carbocycles. The lowest BCUT2D eigenvalue weighted by molar-refractivity contribution is 0.0972. The first-order chi connectivity index (χ1) is 11.1. The van der Waals surface area contributed by atoms with E-state index in [-0.39, 0.29) is 24.5 Å². The maximum absolute atomic E-state index is 14.4. The molecule has 0 amide bonds. The summed E-state index contributed by atoms with van der Waals surface area (Å²) in [6.07, 6.45) is -0.495. The average Bonchev–Trinajstić information content (AvgIpc) is 2.54. The fraction of sp³-hybridized carbons (Fsp3) is 0.200. The first-order valence-corrected chi connectivity index (χ1v) is 7.44. The van der Waals surface area contributed by atoms with Crippen LogP contribution >= 0.6 is 23.2 Å². The van der Waals surface area contributed by atoms with Gasteiger partial charge in [-0.2, -0.15) is 0 Å². The Hall–Kier alpha value is -2.14. The van der Waals surface area contributed by atoms with Crippen LogP contribution in [0.5, 0.6) is 11.5 Å². The highest BCUT2D eigenvalue weighted by Crippen LogP contribution is 2.45. The molecule has 2 aromatic rings. The van der Waals surface area contributed by atoms with Crippen LogP contribution in [0.2, 0.25) is 10.0 Å². The average molecular weight is 354 g/mol. The van der Waals surface area contributed by atoms with E-state index >= 15 is 0 Å². The van der Waals surface area contributed by atoms with E-state index in [1.165, 1.54) is 18.2 Å². The van der Waals surface area contributed by atoms with Crippen LogP contribution in [-0.2, 0) is 0 Å². The van der Waals surface area contributed by atoms with Crippen molar-refractivity contribution in [2.24, 2.45) is 5.11 Å². The van der Waals surface area contributed by atoms with Gasteiger partial charge in [0.05, 0.1) is 17.1 Å². The Kier molecular flexibility index (Phi) is 4.48. The fourth-order valence-corrected chi connectivity index (χ4v) is 2.82. The molecule has 0 saturated carbocycles. The number of azide groups is 1. The predicted octanol–water partition coefficient (Wildman–Crippen LogP) is 5.25. The Bertz CT molecular complexity index is 810. The molecule has 0 fully saturated rings. The van der Waals surface area contributed by atoms with Crippen LogP contribution in [0.1, 0.15) is 0 Å². The molecular formula is C15H10Cl2FN3O2. The minimum atomic E-state index is -0.499. The topological polar surface area (TPSA) is 67.2 Å². The zero-order valence-corrected chi connectivity index (χ0v) is 13.2. The van der Waals surface area contributed by atoms with Gasteiger partial charge in [0.15, 0.2) is 11.5 Å². The summed E-state index contributed by atoms with van der Waals surface area (Å²) < 4.78 is 25.7. The molecule has 1 atom stereocenters. The van der Waals surface area contributed by atoms with Gasteiger partial charge < -0.3 is 9.47 Å². The van der Waals surface area contributed by atoms with Crippen LogP contribution in [0.4, 0.5) is 4.39 Å². The number of halogens is 3. The predicted molar refractivity (Wildman–Crippen MR) is 85.8 cm³/mol. The SMILES string of the molecule is [N-]=[N+]=NC[C@H]1COc2ccc(F)c(-c3ccc(Cl)cc3Cl)c2O1. The van der Waals surface area contributed by atoms with Crippen LogP contribution in [-0.4, -0.2) is 19.3 Å². The number of nitrogens with zero attached hydrogens (tertiary/aromatic N) is 3. The third kappa shape index (κ3) is 3.15. The minimum Gasteiger partial charge on any atom is -0.486 e. The van der Waals surface area contributed by atoms with Gasteiger partial charge in [0.2, 0.25) is 0 Å². The van der Waals surface area contributed by atoms with Crippen molar-refractivity contribution >= 4 is 23.2 Å². The second kappa shape index (κ2) is 6.54. The van der Waals surface area contributed by atoms with E-state index in [4.69, 9.17) is 38.2 Å². The molecule has 23 heavy (non-hydrogen) atoms. The number of hydrogen-bond donors (Lipinski definition) is 0. The summed E-state index contributed by atoms with van der Waals surface area (Å²) in [4.78, 5) is 2.69. The van der Waals surface area contributed by atoms with Crippen molar-refractivity contribution < 1.29 is 13.9 Å². The van der Waals surface area contributed by atoms with Crippen LogP contribution in [0.25, 0.3) is 21.6 Å². The molecular weight excluding hydrogens is 344 g/mol. The summed E-state index contributed by atoms with van der Waals surface area (Å²) >= 11 is 12.1. The molecule has 0 radical (unpaired) electrons. The normalized spacial score (nSPS) is 15.9. The molecule has 2 aromatic carbocycles. The summed E-state index contributed by atoms with van der Waals surface area (Å²) in [5.41, 5.74) is 9.04. The Morgan fingerprint density at radius 2 is 2.13 bits per heavy atom. The lowest BCUT2D eigenvalue weighted by Crippen LogP contribution is -2.32. The Morgan fingerprint density at radius 3 is 2.87 bits per heavy atom. The van der Waals surface area contributed by atoms with Crippen molar-refractivity contribution in [3.63, 3.8) is 0 Å². The van der Waals surface area contributed by atoms with E-state index in [0.717, 1.165) is 0 Å². The van der Waals surface area contributed by atoms with Gasteiger partial charge in [-0.25, -0.2) is 4.39 Å². The summed E-state index contributed by atoms with van der Waals surface area (Å²) in [5.74, 6) is 0.143. The largest absolute Gasteiger partial charge is 0.486 e. The zero-order valence-electron chi connectivity index (χ0n) is 11.7. The number of ether oxygens (including phenoxy) is 2.